The Morgan fingerprint density at radius 1 is 1.32 bits per heavy atom. The number of anilines is 1. The summed E-state index contributed by atoms with van der Waals surface area (Å²) in [6, 6.07) is 8.29. The second-order valence-electron chi connectivity index (χ2n) is 9.71. The van der Waals surface area contributed by atoms with Crippen LogP contribution in [0.15, 0.2) is 46.8 Å². The van der Waals surface area contributed by atoms with Gasteiger partial charge in [0.2, 0.25) is 0 Å². The van der Waals surface area contributed by atoms with Crippen molar-refractivity contribution in [3.63, 3.8) is 0 Å². The summed E-state index contributed by atoms with van der Waals surface area (Å²) in [4.78, 5) is 14.3. The van der Waals surface area contributed by atoms with Gasteiger partial charge in [-0.1, -0.05) is 49.7 Å². The number of carbonyl (C=O) groups is 1. The van der Waals surface area contributed by atoms with E-state index in [1.54, 1.807) is 0 Å². The van der Waals surface area contributed by atoms with E-state index in [1.165, 1.54) is 30.9 Å². The number of hydrogen-bond acceptors (Lipinski definition) is 4. The van der Waals surface area contributed by atoms with E-state index >= 15 is 0 Å². The molecule has 1 N–H and O–H groups in total. The predicted molar refractivity (Wildman–Crippen MR) is 122 cm³/mol. The van der Waals surface area contributed by atoms with Crippen molar-refractivity contribution >= 4 is 17.8 Å². The lowest BCUT2D eigenvalue weighted by Crippen LogP contribution is -2.42. The van der Waals surface area contributed by atoms with Crippen molar-refractivity contribution in [1.29, 1.82) is 0 Å². The Bertz CT molecular complexity index is 910. The number of piperidine rings is 1. The molecule has 166 valence electrons. The number of carbonyl (C=O) groups excluding carboxylic acids is 1. The van der Waals surface area contributed by atoms with Crippen molar-refractivity contribution < 1.29 is 14.1 Å². The quantitative estimate of drug-likeness (QED) is 0.657. The highest BCUT2D eigenvalue weighted by Gasteiger charge is 2.28. The fourth-order valence-electron chi connectivity index (χ4n) is 4.49. The van der Waals surface area contributed by atoms with Crippen molar-refractivity contribution in [3.8, 4) is 5.75 Å². The van der Waals surface area contributed by atoms with E-state index in [2.05, 4.69) is 61.6 Å². The van der Waals surface area contributed by atoms with Crippen LogP contribution in [0.2, 0.25) is 0 Å². The molecule has 2 aliphatic rings. The predicted octanol–water partition coefficient (Wildman–Crippen LogP) is 5.98. The number of rotatable bonds is 4. The topological polar surface area (TPSA) is 67.6 Å². The fourth-order valence-corrected chi connectivity index (χ4v) is 4.49. The highest BCUT2D eigenvalue weighted by atomic mass is 16.5. The van der Waals surface area contributed by atoms with Crippen molar-refractivity contribution in [1.82, 2.24) is 10.1 Å². The van der Waals surface area contributed by atoms with Gasteiger partial charge in [0.05, 0.1) is 12.3 Å². The molecule has 2 fully saturated rings. The van der Waals surface area contributed by atoms with Crippen LogP contribution >= 0.6 is 0 Å². The first-order valence-electron chi connectivity index (χ1n) is 11.3. The number of nitrogens with zero attached hydrogens (tertiary/aromatic N) is 2. The maximum absolute atomic E-state index is 12.5. The first-order chi connectivity index (χ1) is 14.9. The zero-order valence-corrected chi connectivity index (χ0v) is 18.8. The molecule has 1 atom stereocenters. The molecule has 2 heterocycles. The van der Waals surface area contributed by atoms with E-state index in [4.69, 9.17) is 9.26 Å². The molecule has 31 heavy (non-hydrogen) atoms. The fraction of sp³-hybridized carbons (Fsp3) is 0.520. The second-order valence-corrected chi connectivity index (χ2v) is 9.71. The molecule has 1 aliphatic carbocycles. The van der Waals surface area contributed by atoms with Gasteiger partial charge in [0.25, 0.3) is 0 Å². The van der Waals surface area contributed by atoms with Gasteiger partial charge in [0, 0.05) is 13.1 Å². The van der Waals surface area contributed by atoms with E-state index in [-0.39, 0.29) is 6.03 Å². The minimum Gasteiger partial charge on any atom is -0.490 e. The summed E-state index contributed by atoms with van der Waals surface area (Å²) < 4.78 is 11.1. The number of urea groups is 1. The zero-order chi connectivity index (χ0) is 21.8. The molecule has 0 radical (unpaired) electrons. The van der Waals surface area contributed by atoms with Gasteiger partial charge in [0.1, 0.15) is 17.7 Å². The molecular formula is C25H33N3O3. The average molecular weight is 424 g/mol. The molecule has 4 rings (SSSR count). The van der Waals surface area contributed by atoms with Crippen LogP contribution in [-0.2, 0) is 0 Å². The van der Waals surface area contributed by atoms with E-state index in [0.29, 0.717) is 36.2 Å². The van der Waals surface area contributed by atoms with Crippen LogP contribution in [0, 0.1) is 11.3 Å². The zero-order valence-electron chi connectivity index (χ0n) is 18.8. The van der Waals surface area contributed by atoms with E-state index < -0.39 is 0 Å². The van der Waals surface area contributed by atoms with Crippen LogP contribution in [0.5, 0.6) is 5.75 Å². The Labute approximate surface area is 184 Å². The van der Waals surface area contributed by atoms with Gasteiger partial charge in [-0.15, -0.1) is 0 Å². The van der Waals surface area contributed by atoms with Gasteiger partial charge in [0.15, 0.2) is 0 Å². The van der Waals surface area contributed by atoms with Gasteiger partial charge in [-0.2, -0.15) is 0 Å². The first-order valence-corrected chi connectivity index (χ1v) is 11.3. The first kappa shape index (κ1) is 21.5. The molecule has 1 saturated heterocycles. The molecule has 2 amide bonds. The molecule has 1 saturated carbocycles. The molecule has 0 spiro atoms. The number of amides is 2. The normalized spacial score (nSPS) is 23.0. The highest BCUT2D eigenvalue weighted by molar-refractivity contribution is 5.89. The number of nitrogens with one attached hydrogen (secondary N) is 1. The molecule has 1 aromatic heterocycles. The molecule has 1 aliphatic heterocycles. The van der Waals surface area contributed by atoms with E-state index in [1.807, 2.05) is 4.90 Å². The third-order valence-corrected chi connectivity index (χ3v) is 6.57. The van der Waals surface area contributed by atoms with Crippen LogP contribution in [0.4, 0.5) is 10.5 Å². The Balaban J connectivity index is 1.34. The van der Waals surface area contributed by atoms with Crippen LogP contribution < -0.4 is 10.1 Å². The third-order valence-electron chi connectivity index (χ3n) is 6.57. The van der Waals surface area contributed by atoms with Gasteiger partial charge in [-0.3, -0.25) is 0 Å². The molecule has 2 aromatic rings. The highest BCUT2D eigenvalue weighted by Crippen LogP contribution is 2.36. The number of benzene rings is 1. The van der Waals surface area contributed by atoms with Crippen LogP contribution in [0.3, 0.4) is 0 Å². The summed E-state index contributed by atoms with van der Waals surface area (Å²) in [5, 5.41) is 6.44. The van der Waals surface area contributed by atoms with Crippen molar-refractivity contribution in [2.24, 2.45) is 11.3 Å². The largest absolute Gasteiger partial charge is 0.490 e. The Kier molecular flexibility index (Phi) is 6.35. The summed E-state index contributed by atoms with van der Waals surface area (Å²) >= 11 is 0. The summed E-state index contributed by atoms with van der Waals surface area (Å²) in [7, 11) is 0. The van der Waals surface area contributed by atoms with E-state index in [9.17, 15) is 4.79 Å². The summed E-state index contributed by atoms with van der Waals surface area (Å²) in [6.07, 6.45) is 11.1. The Morgan fingerprint density at radius 3 is 2.84 bits per heavy atom. The molecule has 0 bridgehead atoms. The Hall–Kier alpha value is -2.76. The smallest absolute Gasteiger partial charge is 0.322 e. The molecule has 1 unspecified atom stereocenters. The lowest BCUT2D eigenvalue weighted by molar-refractivity contribution is 0.0987. The minimum absolute atomic E-state index is 0.111. The van der Waals surface area contributed by atoms with Gasteiger partial charge < -0.3 is 19.5 Å². The third kappa shape index (κ3) is 5.69. The average Bonchev–Trinajstić information content (AvgIpc) is 3.24. The summed E-state index contributed by atoms with van der Waals surface area (Å²) in [5.41, 5.74) is 3.56. The SMILES string of the molecule is CC1CN(C(=O)Nc2cnoc2)CCC1=Cc1cccc(OC2CCC(C)(C)CC2)c1. The maximum Gasteiger partial charge on any atom is 0.322 e. The number of likely N-dealkylation sites (tertiary alicyclic amines) is 1. The Morgan fingerprint density at radius 2 is 2.13 bits per heavy atom. The molecule has 6 nitrogen and oxygen atoms in total. The molecule has 6 heteroatoms. The van der Waals surface area contributed by atoms with Crippen LogP contribution in [0.25, 0.3) is 6.08 Å². The lowest BCUT2D eigenvalue weighted by Gasteiger charge is -2.34. The number of hydrogen-bond donors (Lipinski definition) is 1. The van der Waals surface area contributed by atoms with Gasteiger partial charge in [-0.05, 0) is 61.1 Å². The maximum atomic E-state index is 12.5. The summed E-state index contributed by atoms with van der Waals surface area (Å²) in [6.45, 7) is 8.26. The molecule has 1 aromatic carbocycles. The standard InChI is InChI=1S/C25H33N3O3/c1-18-16-28(24(29)27-21-15-26-30-17-21)12-9-20(18)13-19-5-4-6-23(14-19)31-22-7-10-25(2,3)11-8-22/h4-6,13-15,17-18,22H,7-12,16H2,1-3H3,(H,27,29). The van der Waals surface area contributed by atoms with Crippen LogP contribution in [0.1, 0.15) is 58.4 Å². The van der Waals surface area contributed by atoms with Gasteiger partial charge >= 0.3 is 6.03 Å². The summed E-state index contributed by atoms with van der Waals surface area (Å²) in [5.74, 6) is 1.25. The van der Waals surface area contributed by atoms with Crippen LogP contribution in [-0.4, -0.2) is 35.3 Å². The lowest BCUT2D eigenvalue weighted by atomic mass is 9.76. The van der Waals surface area contributed by atoms with E-state index in [0.717, 1.165) is 30.6 Å². The van der Waals surface area contributed by atoms with Crippen molar-refractivity contribution in [3.05, 3.63) is 47.9 Å². The monoisotopic (exact) mass is 423 g/mol. The number of aromatic nitrogens is 1. The van der Waals surface area contributed by atoms with Crippen molar-refractivity contribution in [2.45, 2.75) is 59.0 Å². The second kappa shape index (κ2) is 9.16. The van der Waals surface area contributed by atoms with Crippen molar-refractivity contribution in [2.75, 3.05) is 18.4 Å². The van der Waals surface area contributed by atoms with Gasteiger partial charge in [-0.25, -0.2) is 4.79 Å². The molecular weight excluding hydrogens is 390 g/mol. The minimum atomic E-state index is -0.111. The number of ether oxygens (including phenoxy) is 1.